The largest absolute Gasteiger partial charge is 0.496 e. The average Bonchev–Trinajstić information content (AvgIpc) is 2.51. The third kappa shape index (κ3) is 4.38. The molecule has 21 heavy (non-hydrogen) atoms. The van der Waals surface area contributed by atoms with Crippen LogP contribution in [0.2, 0.25) is 5.02 Å². The fourth-order valence-corrected chi connectivity index (χ4v) is 1.92. The lowest BCUT2D eigenvalue weighted by atomic mass is 10.2. The number of pyridine rings is 1. The molecular formula is C16H14ClNO3. The molecule has 0 bridgehead atoms. The van der Waals surface area contributed by atoms with E-state index in [-0.39, 0.29) is 6.61 Å². The zero-order valence-electron chi connectivity index (χ0n) is 11.5. The number of benzene rings is 1. The number of methoxy groups -OCH3 is 1. The summed E-state index contributed by atoms with van der Waals surface area (Å²) in [7, 11) is 1.60. The molecule has 2 aromatic rings. The lowest BCUT2D eigenvalue weighted by Crippen LogP contribution is -1.99. The summed E-state index contributed by atoms with van der Waals surface area (Å²) in [6, 6.07) is 7.11. The molecule has 0 unspecified atom stereocenters. The van der Waals surface area contributed by atoms with Crippen molar-refractivity contribution in [1.82, 2.24) is 4.98 Å². The Morgan fingerprint density at radius 3 is 2.90 bits per heavy atom. The summed E-state index contributed by atoms with van der Waals surface area (Å²) < 4.78 is 10.9. The lowest BCUT2D eigenvalue weighted by molar-refractivity contribution is 0.295. The van der Waals surface area contributed by atoms with Gasteiger partial charge in [0.15, 0.2) is 0 Å². The molecule has 1 heterocycles. The number of hydrogen-bond acceptors (Lipinski definition) is 4. The van der Waals surface area contributed by atoms with Gasteiger partial charge in [0.25, 0.3) is 0 Å². The number of aliphatic hydroxyl groups is 1. The van der Waals surface area contributed by atoms with E-state index in [1.54, 1.807) is 43.8 Å². The molecular weight excluding hydrogens is 290 g/mol. The van der Waals surface area contributed by atoms with E-state index in [9.17, 15) is 0 Å². The first kappa shape index (κ1) is 15.2. The van der Waals surface area contributed by atoms with E-state index in [2.05, 4.69) is 16.8 Å². The van der Waals surface area contributed by atoms with Crippen LogP contribution in [0, 0.1) is 11.8 Å². The molecule has 5 heteroatoms. The molecule has 0 spiro atoms. The first-order valence-corrected chi connectivity index (χ1v) is 6.60. The van der Waals surface area contributed by atoms with Crippen molar-refractivity contribution in [1.29, 1.82) is 0 Å². The van der Waals surface area contributed by atoms with Gasteiger partial charge in [0.1, 0.15) is 24.7 Å². The Kier molecular flexibility index (Phi) is 5.44. The predicted octanol–water partition coefficient (Wildman–Crippen LogP) is 2.67. The molecule has 108 valence electrons. The van der Waals surface area contributed by atoms with Crippen molar-refractivity contribution in [3.8, 4) is 23.3 Å². The smallest absolute Gasteiger partial charge is 0.139 e. The Morgan fingerprint density at radius 1 is 1.29 bits per heavy atom. The zero-order valence-corrected chi connectivity index (χ0v) is 12.2. The summed E-state index contributed by atoms with van der Waals surface area (Å²) in [6.45, 7) is 0.118. The van der Waals surface area contributed by atoms with Gasteiger partial charge in [-0.25, -0.2) is 0 Å². The molecule has 2 rings (SSSR count). The van der Waals surface area contributed by atoms with E-state index >= 15 is 0 Å². The van der Waals surface area contributed by atoms with Gasteiger partial charge in [-0.15, -0.1) is 0 Å². The van der Waals surface area contributed by atoms with Crippen molar-refractivity contribution >= 4 is 11.6 Å². The Balaban J connectivity index is 2.11. The topological polar surface area (TPSA) is 51.6 Å². The van der Waals surface area contributed by atoms with Crippen LogP contribution in [0.25, 0.3) is 0 Å². The molecule has 1 N–H and O–H groups in total. The maximum Gasteiger partial charge on any atom is 0.139 e. The number of ether oxygens (including phenoxy) is 2. The Hall–Kier alpha value is -2.22. The van der Waals surface area contributed by atoms with E-state index in [0.717, 1.165) is 5.56 Å². The van der Waals surface area contributed by atoms with Crippen LogP contribution in [0.3, 0.4) is 0 Å². The molecule has 0 atom stereocenters. The minimum atomic E-state index is -0.190. The van der Waals surface area contributed by atoms with Gasteiger partial charge in [-0.1, -0.05) is 23.4 Å². The molecule has 0 fully saturated rings. The number of aliphatic hydroxyl groups excluding tert-OH is 1. The molecule has 4 nitrogen and oxygen atoms in total. The summed E-state index contributed by atoms with van der Waals surface area (Å²) in [6.07, 6.45) is 3.20. The van der Waals surface area contributed by atoms with Crippen molar-refractivity contribution in [2.24, 2.45) is 0 Å². The summed E-state index contributed by atoms with van der Waals surface area (Å²) in [5, 5.41) is 9.30. The summed E-state index contributed by atoms with van der Waals surface area (Å²) in [5.74, 6) is 6.64. The maximum absolute atomic E-state index is 8.68. The monoisotopic (exact) mass is 303 g/mol. The zero-order chi connectivity index (χ0) is 15.1. The van der Waals surface area contributed by atoms with Crippen molar-refractivity contribution in [3.63, 3.8) is 0 Å². The van der Waals surface area contributed by atoms with E-state index in [0.29, 0.717) is 28.7 Å². The second-order valence-corrected chi connectivity index (χ2v) is 4.55. The number of aromatic nitrogens is 1. The predicted molar refractivity (Wildman–Crippen MR) is 80.5 cm³/mol. The third-order valence-electron chi connectivity index (χ3n) is 2.66. The second-order valence-electron chi connectivity index (χ2n) is 4.11. The number of halogens is 1. The molecule has 0 aliphatic carbocycles. The molecule has 0 amide bonds. The summed E-state index contributed by atoms with van der Waals surface area (Å²) in [4.78, 5) is 4.04. The first-order valence-electron chi connectivity index (χ1n) is 6.23. The van der Waals surface area contributed by atoms with Gasteiger partial charge in [-0.2, -0.15) is 0 Å². The van der Waals surface area contributed by atoms with Gasteiger partial charge in [0.2, 0.25) is 0 Å². The molecule has 0 saturated heterocycles. The van der Waals surface area contributed by atoms with Crippen molar-refractivity contribution in [3.05, 3.63) is 52.8 Å². The second kappa shape index (κ2) is 7.53. The van der Waals surface area contributed by atoms with Crippen LogP contribution in [-0.4, -0.2) is 23.8 Å². The van der Waals surface area contributed by atoms with Gasteiger partial charge in [0, 0.05) is 22.3 Å². The minimum absolute atomic E-state index is 0.190. The van der Waals surface area contributed by atoms with Gasteiger partial charge < -0.3 is 14.6 Å². The quantitative estimate of drug-likeness (QED) is 0.882. The van der Waals surface area contributed by atoms with Crippen LogP contribution in [0.1, 0.15) is 11.1 Å². The Bertz CT molecular complexity index is 677. The Labute approximate surface area is 128 Å². The number of rotatable bonds is 4. The third-order valence-corrected chi connectivity index (χ3v) is 2.90. The van der Waals surface area contributed by atoms with Gasteiger partial charge in [-0.05, 0) is 24.3 Å². The van der Waals surface area contributed by atoms with Crippen LogP contribution in [-0.2, 0) is 6.61 Å². The highest BCUT2D eigenvalue weighted by atomic mass is 35.5. The van der Waals surface area contributed by atoms with Crippen LogP contribution in [0.5, 0.6) is 11.5 Å². The van der Waals surface area contributed by atoms with E-state index in [4.69, 9.17) is 26.2 Å². The lowest BCUT2D eigenvalue weighted by Gasteiger charge is -2.10. The fourth-order valence-electron chi connectivity index (χ4n) is 1.73. The van der Waals surface area contributed by atoms with Crippen molar-refractivity contribution < 1.29 is 14.6 Å². The Morgan fingerprint density at radius 2 is 2.14 bits per heavy atom. The average molecular weight is 304 g/mol. The van der Waals surface area contributed by atoms with Crippen molar-refractivity contribution in [2.75, 3.05) is 13.7 Å². The highest BCUT2D eigenvalue weighted by Crippen LogP contribution is 2.24. The van der Waals surface area contributed by atoms with E-state index in [1.165, 1.54) is 0 Å². The van der Waals surface area contributed by atoms with Gasteiger partial charge >= 0.3 is 0 Å². The molecule has 1 aromatic heterocycles. The number of hydrogen-bond donors (Lipinski definition) is 1. The maximum atomic E-state index is 8.68. The molecule has 1 aromatic carbocycles. The number of nitrogens with zero attached hydrogens (tertiary/aromatic N) is 1. The molecule has 0 aliphatic rings. The first-order chi connectivity index (χ1) is 10.2. The SMILES string of the molecule is COc1ccc(Cl)cc1COc1cncc(C#CCO)c1. The van der Waals surface area contributed by atoms with Gasteiger partial charge in [0.05, 0.1) is 13.3 Å². The van der Waals surface area contributed by atoms with Crippen LogP contribution in [0.15, 0.2) is 36.7 Å². The fraction of sp³-hybridized carbons (Fsp3) is 0.188. The van der Waals surface area contributed by atoms with Crippen LogP contribution < -0.4 is 9.47 Å². The molecule has 0 saturated carbocycles. The van der Waals surface area contributed by atoms with Crippen LogP contribution >= 0.6 is 11.6 Å². The van der Waals surface area contributed by atoms with Crippen LogP contribution in [0.4, 0.5) is 0 Å². The highest BCUT2D eigenvalue weighted by molar-refractivity contribution is 6.30. The van der Waals surface area contributed by atoms with E-state index in [1.807, 2.05) is 0 Å². The summed E-state index contributed by atoms with van der Waals surface area (Å²) >= 11 is 5.97. The highest BCUT2D eigenvalue weighted by Gasteiger charge is 2.05. The standard InChI is InChI=1S/C16H14ClNO3/c1-20-16-5-4-14(17)8-13(16)11-21-15-7-12(3-2-6-19)9-18-10-15/h4-5,7-10,19H,6,11H2,1H3. The normalized spacial score (nSPS) is 9.67. The molecule has 0 aliphatic heterocycles. The van der Waals surface area contributed by atoms with Crippen molar-refractivity contribution in [2.45, 2.75) is 6.61 Å². The molecule has 0 radical (unpaired) electrons. The van der Waals surface area contributed by atoms with E-state index < -0.39 is 0 Å². The van der Waals surface area contributed by atoms with Gasteiger partial charge in [-0.3, -0.25) is 4.98 Å². The minimum Gasteiger partial charge on any atom is -0.496 e. The summed E-state index contributed by atoms with van der Waals surface area (Å²) in [5.41, 5.74) is 1.52.